The summed E-state index contributed by atoms with van der Waals surface area (Å²) in [7, 11) is 0. The van der Waals surface area contributed by atoms with Gasteiger partial charge in [0.25, 0.3) is 5.91 Å². The molecule has 1 unspecified atom stereocenters. The van der Waals surface area contributed by atoms with Gasteiger partial charge in [-0.15, -0.1) is 0 Å². The van der Waals surface area contributed by atoms with Gasteiger partial charge >= 0.3 is 5.97 Å². The highest BCUT2D eigenvalue weighted by Crippen LogP contribution is 2.37. The van der Waals surface area contributed by atoms with E-state index in [0.29, 0.717) is 30.9 Å². The molecule has 0 bridgehead atoms. The molecule has 0 aliphatic carbocycles. The Hall–Kier alpha value is -4.36. The molecule has 5 N–H and O–H groups in total. The van der Waals surface area contributed by atoms with Crippen molar-refractivity contribution < 1.29 is 14.7 Å². The molecule has 5 rings (SSSR count). The average molecular weight is 523 g/mol. The number of anilines is 2. The molecule has 0 saturated carbocycles. The third-order valence-corrected chi connectivity index (χ3v) is 7.87. The van der Waals surface area contributed by atoms with Gasteiger partial charge in [-0.3, -0.25) is 9.59 Å². The van der Waals surface area contributed by atoms with E-state index in [-0.39, 0.29) is 18.2 Å². The molecule has 0 fully saturated rings. The zero-order valence-corrected chi connectivity index (χ0v) is 22.4. The molecule has 7 nitrogen and oxygen atoms in total. The minimum absolute atomic E-state index is 0.000335. The Morgan fingerprint density at radius 2 is 1.77 bits per heavy atom. The zero-order valence-electron chi connectivity index (χ0n) is 22.4. The molecule has 1 aliphatic heterocycles. The van der Waals surface area contributed by atoms with Crippen molar-refractivity contribution in [2.24, 2.45) is 5.84 Å². The first-order chi connectivity index (χ1) is 18.8. The largest absolute Gasteiger partial charge is 0.481 e. The van der Waals surface area contributed by atoms with E-state index >= 15 is 0 Å². The van der Waals surface area contributed by atoms with E-state index in [1.807, 2.05) is 79.4 Å². The summed E-state index contributed by atoms with van der Waals surface area (Å²) < 4.78 is 0. The standard InChI is InChI=1S/C32H34N4O3/c1-3-36(34)29-13-12-27(20(2)31(29)33)28(18-30(37)38)24-10-8-22-14-15-35(19-26(22)17-24)32(39)25-11-9-21-6-4-5-7-23(21)16-25/h4-13,16-17,28H,3,14-15,18-19,33-34H2,1-2H3,(H,37,38). The second-order valence-corrected chi connectivity index (χ2v) is 10.2. The Kier molecular flexibility index (Phi) is 7.26. The number of benzene rings is 4. The lowest BCUT2D eigenvalue weighted by molar-refractivity contribution is -0.137. The van der Waals surface area contributed by atoms with Gasteiger partial charge in [-0.1, -0.05) is 54.6 Å². The van der Waals surface area contributed by atoms with Crippen molar-refractivity contribution >= 4 is 34.0 Å². The van der Waals surface area contributed by atoms with Gasteiger partial charge in [0, 0.05) is 31.1 Å². The number of rotatable bonds is 7. The van der Waals surface area contributed by atoms with Crippen LogP contribution in [0.15, 0.2) is 72.8 Å². The van der Waals surface area contributed by atoms with Crippen LogP contribution in [0.3, 0.4) is 0 Å². The third kappa shape index (κ3) is 5.18. The fraction of sp³-hybridized carbons (Fsp3) is 0.250. The second-order valence-electron chi connectivity index (χ2n) is 10.2. The van der Waals surface area contributed by atoms with Crippen LogP contribution in [0.25, 0.3) is 10.8 Å². The number of carboxylic acids is 1. The molecule has 0 radical (unpaired) electrons. The normalized spacial score (nSPS) is 13.7. The predicted octanol–water partition coefficient (Wildman–Crippen LogP) is 5.24. The van der Waals surface area contributed by atoms with Gasteiger partial charge in [0.15, 0.2) is 0 Å². The molecule has 4 aromatic rings. The van der Waals surface area contributed by atoms with E-state index in [0.717, 1.165) is 45.1 Å². The van der Waals surface area contributed by atoms with Crippen LogP contribution in [0.2, 0.25) is 0 Å². The van der Waals surface area contributed by atoms with Gasteiger partial charge < -0.3 is 20.7 Å². The first-order valence-corrected chi connectivity index (χ1v) is 13.3. The summed E-state index contributed by atoms with van der Waals surface area (Å²) in [5.41, 5.74) is 13.2. The van der Waals surface area contributed by atoms with Crippen LogP contribution in [0.4, 0.5) is 11.4 Å². The molecular weight excluding hydrogens is 488 g/mol. The summed E-state index contributed by atoms with van der Waals surface area (Å²) in [5, 5.41) is 13.5. The lowest BCUT2D eigenvalue weighted by atomic mass is 9.83. The van der Waals surface area contributed by atoms with E-state index in [2.05, 4.69) is 12.1 Å². The Labute approximate surface area is 228 Å². The van der Waals surface area contributed by atoms with Gasteiger partial charge in [-0.25, -0.2) is 5.84 Å². The van der Waals surface area contributed by atoms with Crippen LogP contribution in [-0.4, -0.2) is 35.0 Å². The lowest BCUT2D eigenvalue weighted by Crippen LogP contribution is -2.36. The van der Waals surface area contributed by atoms with Crippen LogP contribution < -0.4 is 16.6 Å². The smallest absolute Gasteiger partial charge is 0.304 e. The van der Waals surface area contributed by atoms with Gasteiger partial charge in [-0.05, 0) is 77.1 Å². The first kappa shape index (κ1) is 26.3. The van der Waals surface area contributed by atoms with Crippen molar-refractivity contribution in [1.82, 2.24) is 4.90 Å². The molecule has 200 valence electrons. The van der Waals surface area contributed by atoms with Crippen molar-refractivity contribution in [2.45, 2.75) is 39.2 Å². The van der Waals surface area contributed by atoms with Crippen molar-refractivity contribution in [3.8, 4) is 0 Å². The van der Waals surface area contributed by atoms with E-state index in [1.165, 1.54) is 5.56 Å². The van der Waals surface area contributed by atoms with Crippen molar-refractivity contribution in [2.75, 3.05) is 23.8 Å². The second kappa shape index (κ2) is 10.8. The number of carbonyl (C=O) groups is 2. The van der Waals surface area contributed by atoms with E-state index in [1.54, 1.807) is 5.01 Å². The lowest BCUT2D eigenvalue weighted by Gasteiger charge is -2.30. The number of fused-ring (bicyclic) bond motifs is 2. The molecule has 4 aromatic carbocycles. The summed E-state index contributed by atoms with van der Waals surface area (Å²) in [5.74, 6) is 4.82. The predicted molar refractivity (Wildman–Crippen MR) is 156 cm³/mol. The van der Waals surface area contributed by atoms with Gasteiger partial charge in [0.1, 0.15) is 0 Å². The van der Waals surface area contributed by atoms with Gasteiger partial charge in [-0.2, -0.15) is 0 Å². The summed E-state index contributed by atoms with van der Waals surface area (Å²) in [6.45, 7) is 5.57. The molecule has 1 atom stereocenters. The number of hydrogen-bond acceptors (Lipinski definition) is 5. The number of nitrogen functional groups attached to an aromatic ring is 1. The minimum Gasteiger partial charge on any atom is -0.481 e. The highest BCUT2D eigenvalue weighted by Gasteiger charge is 2.26. The third-order valence-electron chi connectivity index (χ3n) is 7.87. The van der Waals surface area contributed by atoms with Crippen LogP contribution >= 0.6 is 0 Å². The highest BCUT2D eigenvalue weighted by atomic mass is 16.4. The Balaban J connectivity index is 1.46. The van der Waals surface area contributed by atoms with Crippen molar-refractivity contribution in [3.05, 3.63) is 106 Å². The quantitative estimate of drug-likeness (QED) is 0.174. The Morgan fingerprint density at radius 1 is 1.00 bits per heavy atom. The number of hydrogen-bond donors (Lipinski definition) is 3. The fourth-order valence-corrected chi connectivity index (χ4v) is 5.58. The number of nitrogens with two attached hydrogens (primary N) is 2. The number of aliphatic carboxylic acids is 1. The molecule has 0 spiro atoms. The van der Waals surface area contributed by atoms with E-state index < -0.39 is 5.97 Å². The molecule has 1 heterocycles. The van der Waals surface area contributed by atoms with Crippen LogP contribution in [0.5, 0.6) is 0 Å². The number of carboxylic acid groups (broad SMARTS) is 1. The van der Waals surface area contributed by atoms with Crippen LogP contribution in [-0.2, 0) is 17.8 Å². The molecule has 1 amide bonds. The van der Waals surface area contributed by atoms with E-state index in [4.69, 9.17) is 11.6 Å². The van der Waals surface area contributed by atoms with Crippen molar-refractivity contribution in [1.29, 1.82) is 0 Å². The van der Waals surface area contributed by atoms with Crippen molar-refractivity contribution in [3.63, 3.8) is 0 Å². The number of amides is 1. The zero-order chi connectivity index (χ0) is 27.7. The maximum Gasteiger partial charge on any atom is 0.304 e. The number of carbonyl (C=O) groups excluding carboxylic acids is 1. The van der Waals surface area contributed by atoms with Crippen LogP contribution in [0, 0.1) is 6.92 Å². The minimum atomic E-state index is -0.887. The highest BCUT2D eigenvalue weighted by molar-refractivity contribution is 5.98. The molecule has 0 aromatic heterocycles. The Bertz CT molecular complexity index is 1560. The number of hydrazine groups is 1. The average Bonchev–Trinajstić information content (AvgIpc) is 2.95. The first-order valence-electron chi connectivity index (χ1n) is 13.3. The molecule has 39 heavy (non-hydrogen) atoms. The number of nitrogens with zero attached hydrogens (tertiary/aromatic N) is 2. The van der Waals surface area contributed by atoms with E-state index in [9.17, 15) is 14.7 Å². The summed E-state index contributed by atoms with van der Waals surface area (Å²) in [4.78, 5) is 27.3. The monoisotopic (exact) mass is 522 g/mol. The summed E-state index contributed by atoms with van der Waals surface area (Å²) in [6, 6.07) is 23.8. The fourth-order valence-electron chi connectivity index (χ4n) is 5.58. The Morgan fingerprint density at radius 3 is 2.51 bits per heavy atom. The van der Waals surface area contributed by atoms with Crippen LogP contribution in [0.1, 0.15) is 57.4 Å². The topological polar surface area (TPSA) is 113 Å². The summed E-state index contributed by atoms with van der Waals surface area (Å²) in [6.07, 6.45) is 0.681. The van der Waals surface area contributed by atoms with Gasteiger partial charge in [0.05, 0.1) is 17.8 Å². The summed E-state index contributed by atoms with van der Waals surface area (Å²) >= 11 is 0. The molecule has 1 aliphatic rings. The molecule has 0 saturated heterocycles. The SMILES string of the molecule is CCN(N)c1ccc(C(CC(=O)O)c2ccc3c(c2)CN(C(=O)c2ccc4ccccc4c2)CC3)c(C)c1N. The van der Waals surface area contributed by atoms with Gasteiger partial charge in [0.2, 0.25) is 0 Å². The molecular formula is C32H34N4O3. The maximum atomic E-state index is 13.5. The molecule has 7 heteroatoms. The maximum absolute atomic E-state index is 13.5.